The van der Waals surface area contributed by atoms with Crippen LogP contribution in [-0.2, 0) is 4.79 Å². The second-order valence-corrected chi connectivity index (χ2v) is 6.84. The van der Waals surface area contributed by atoms with Crippen LogP contribution >= 0.6 is 0 Å². The molecule has 0 atom stereocenters. The summed E-state index contributed by atoms with van der Waals surface area (Å²) in [6.07, 6.45) is 2.77. The van der Waals surface area contributed by atoms with Crippen molar-refractivity contribution in [1.29, 1.82) is 0 Å². The van der Waals surface area contributed by atoms with Gasteiger partial charge in [0.1, 0.15) is 0 Å². The zero-order chi connectivity index (χ0) is 19.1. The minimum absolute atomic E-state index is 0.0548. The van der Waals surface area contributed by atoms with E-state index in [4.69, 9.17) is 0 Å². The van der Waals surface area contributed by atoms with E-state index in [0.717, 1.165) is 31.5 Å². The first-order valence-electron chi connectivity index (χ1n) is 9.34. The van der Waals surface area contributed by atoms with Gasteiger partial charge in [0.15, 0.2) is 0 Å². The predicted molar refractivity (Wildman–Crippen MR) is 109 cm³/mol. The molecule has 1 aliphatic rings. The lowest BCUT2D eigenvalue weighted by Crippen LogP contribution is -2.31. The number of urea groups is 1. The summed E-state index contributed by atoms with van der Waals surface area (Å²) in [5.41, 5.74) is 2.52. The Labute approximate surface area is 159 Å². The quantitative estimate of drug-likeness (QED) is 0.624. The average molecular weight is 366 g/mol. The van der Waals surface area contributed by atoms with Crippen molar-refractivity contribution in [1.82, 2.24) is 5.32 Å². The summed E-state index contributed by atoms with van der Waals surface area (Å²) in [7, 11) is 2.04. The van der Waals surface area contributed by atoms with Crippen molar-refractivity contribution in [2.45, 2.75) is 19.3 Å². The van der Waals surface area contributed by atoms with Gasteiger partial charge in [-0.3, -0.25) is 4.79 Å². The van der Waals surface area contributed by atoms with Crippen molar-refractivity contribution in [3.8, 4) is 0 Å². The van der Waals surface area contributed by atoms with E-state index in [0.29, 0.717) is 17.9 Å². The normalized spacial score (nSPS) is 12.9. The largest absolute Gasteiger partial charge is 0.375 e. The van der Waals surface area contributed by atoms with Crippen LogP contribution in [0.15, 0.2) is 54.6 Å². The summed E-state index contributed by atoms with van der Waals surface area (Å²) in [6, 6.07) is 17.1. The Kier molecular flexibility index (Phi) is 6.30. The fourth-order valence-electron chi connectivity index (χ4n) is 2.77. The van der Waals surface area contributed by atoms with E-state index in [2.05, 4.69) is 33.0 Å². The fraction of sp³-hybridized carbons (Fsp3) is 0.333. The predicted octanol–water partition coefficient (Wildman–Crippen LogP) is 3.68. The van der Waals surface area contributed by atoms with Crippen LogP contribution < -0.4 is 20.9 Å². The third-order valence-corrected chi connectivity index (χ3v) is 4.49. The lowest BCUT2D eigenvalue weighted by atomic mass is 10.2. The van der Waals surface area contributed by atoms with Gasteiger partial charge >= 0.3 is 6.03 Å². The van der Waals surface area contributed by atoms with E-state index in [1.54, 1.807) is 12.1 Å². The molecule has 2 aromatic rings. The van der Waals surface area contributed by atoms with Crippen molar-refractivity contribution in [3.05, 3.63) is 54.6 Å². The smallest absolute Gasteiger partial charge is 0.319 e. The highest BCUT2D eigenvalue weighted by molar-refractivity contribution is 5.95. The van der Waals surface area contributed by atoms with Crippen LogP contribution in [0.2, 0.25) is 0 Å². The number of hydrogen-bond acceptors (Lipinski definition) is 3. The molecule has 1 aliphatic carbocycles. The highest BCUT2D eigenvalue weighted by atomic mass is 16.2. The van der Waals surface area contributed by atoms with E-state index >= 15 is 0 Å². The molecule has 0 aliphatic heterocycles. The molecule has 6 nitrogen and oxygen atoms in total. The van der Waals surface area contributed by atoms with Gasteiger partial charge in [0.25, 0.3) is 0 Å². The Hall–Kier alpha value is -3.02. The molecular formula is C21H26N4O2. The van der Waals surface area contributed by atoms with Crippen LogP contribution in [0, 0.1) is 5.92 Å². The summed E-state index contributed by atoms with van der Waals surface area (Å²) < 4.78 is 0. The number of hydrogen-bond donors (Lipinski definition) is 3. The third kappa shape index (κ3) is 6.02. The van der Waals surface area contributed by atoms with E-state index in [1.807, 2.05) is 37.4 Å². The Balaban J connectivity index is 1.38. The second-order valence-electron chi connectivity index (χ2n) is 6.84. The first-order valence-corrected chi connectivity index (χ1v) is 9.34. The molecule has 3 N–H and O–H groups in total. The number of rotatable bonds is 8. The molecule has 0 saturated heterocycles. The number of carbonyl (C=O) groups is 2. The molecule has 3 amide bonds. The van der Waals surface area contributed by atoms with Crippen LogP contribution in [0.5, 0.6) is 0 Å². The summed E-state index contributed by atoms with van der Waals surface area (Å²) in [5, 5.41) is 8.55. The van der Waals surface area contributed by atoms with Gasteiger partial charge in [-0.1, -0.05) is 24.3 Å². The van der Waals surface area contributed by atoms with Gasteiger partial charge < -0.3 is 20.9 Å². The minimum atomic E-state index is -0.247. The first-order chi connectivity index (χ1) is 13.1. The van der Waals surface area contributed by atoms with Crippen LogP contribution in [0.25, 0.3) is 0 Å². The van der Waals surface area contributed by atoms with Gasteiger partial charge in [-0.05, 0) is 49.6 Å². The standard InChI is InChI=1S/C21H26N4O2/c1-25(19-9-3-2-4-10-19)14-6-13-22-21(27)24-18-8-5-7-17(15-18)23-20(26)16-11-12-16/h2-5,7-10,15-16H,6,11-14H2,1H3,(H,23,26)(H2,22,24,27). The molecule has 0 spiro atoms. The molecule has 1 saturated carbocycles. The zero-order valence-corrected chi connectivity index (χ0v) is 15.6. The summed E-state index contributed by atoms with van der Waals surface area (Å²) >= 11 is 0. The number of anilines is 3. The third-order valence-electron chi connectivity index (χ3n) is 4.49. The number of benzene rings is 2. The van der Waals surface area contributed by atoms with Crippen LogP contribution in [0.1, 0.15) is 19.3 Å². The van der Waals surface area contributed by atoms with Gasteiger partial charge in [-0.25, -0.2) is 4.79 Å². The van der Waals surface area contributed by atoms with E-state index in [1.165, 1.54) is 0 Å². The van der Waals surface area contributed by atoms with Gasteiger partial charge in [0, 0.05) is 43.1 Å². The van der Waals surface area contributed by atoms with E-state index in [9.17, 15) is 9.59 Å². The highest BCUT2D eigenvalue weighted by Gasteiger charge is 2.29. The maximum atomic E-state index is 12.1. The Morgan fingerprint density at radius 1 is 1.00 bits per heavy atom. The Bertz CT molecular complexity index is 775. The molecule has 6 heteroatoms. The highest BCUT2D eigenvalue weighted by Crippen LogP contribution is 2.30. The zero-order valence-electron chi connectivity index (χ0n) is 15.6. The summed E-state index contributed by atoms with van der Waals surface area (Å²) in [4.78, 5) is 26.0. The molecule has 1 fully saturated rings. The monoisotopic (exact) mass is 366 g/mol. The SMILES string of the molecule is CN(CCCNC(=O)Nc1cccc(NC(=O)C2CC2)c1)c1ccccc1. The van der Waals surface area contributed by atoms with Crippen LogP contribution in [-0.4, -0.2) is 32.1 Å². The fourth-order valence-corrected chi connectivity index (χ4v) is 2.77. The molecule has 2 aromatic carbocycles. The topological polar surface area (TPSA) is 73.5 Å². The minimum Gasteiger partial charge on any atom is -0.375 e. The van der Waals surface area contributed by atoms with Crippen LogP contribution in [0.3, 0.4) is 0 Å². The number of nitrogens with one attached hydrogen (secondary N) is 3. The molecular weight excluding hydrogens is 340 g/mol. The van der Waals surface area contributed by atoms with Crippen molar-refractivity contribution in [2.75, 3.05) is 35.7 Å². The molecule has 0 heterocycles. The van der Waals surface area contributed by atoms with Crippen molar-refractivity contribution < 1.29 is 9.59 Å². The number of para-hydroxylation sites is 1. The van der Waals surface area contributed by atoms with E-state index in [-0.39, 0.29) is 17.9 Å². The summed E-state index contributed by atoms with van der Waals surface area (Å²) in [5.74, 6) is 0.207. The number of nitrogens with zero attached hydrogens (tertiary/aromatic N) is 1. The van der Waals surface area contributed by atoms with Gasteiger partial charge in [-0.2, -0.15) is 0 Å². The maximum Gasteiger partial charge on any atom is 0.319 e. The molecule has 0 aromatic heterocycles. The second kappa shape index (κ2) is 9.07. The van der Waals surface area contributed by atoms with Crippen molar-refractivity contribution in [3.63, 3.8) is 0 Å². The lowest BCUT2D eigenvalue weighted by molar-refractivity contribution is -0.117. The molecule has 0 bridgehead atoms. The van der Waals surface area contributed by atoms with Gasteiger partial charge in [0.2, 0.25) is 5.91 Å². The molecule has 27 heavy (non-hydrogen) atoms. The van der Waals surface area contributed by atoms with Crippen LogP contribution in [0.4, 0.5) is 21.9 Å². The lowest BCUT2D eigenvalue weighted by Gasteiger charge is -2.19. The molecule has 142 valence electrons. The number of carbonyl (C=O) groups excluding carboxylic acids is 2. The Morgan fingerprint density at radius 3 is 2.41 bits per heavy atom. The molecule has 3 rings (SSSR count). The maximum absolute atomic E-state index is 12.1. The average Bonchev–Trinajstić information content (AvgIpc) is 3.51. The van der Waals surface area contributed by atoms with Crippen molar-refractivity contribution >= 4 is 29.0 Å². The first kappa shape index (κ1) is 18.8. The van der Waals surface area contributed by atoms with E-state index < -0.39 is 0 Å². The molecule has 0 radical (unpaired) electrons. The summed E-state index contributed by atoms with van der Waals surface area (Å²) in [6.45, 7) is 1.44. The van der Waals surface area contributed by atoms with Gasteiger partial charge in [-0.15, -0.1) is 0 Å². The van der Waals surface area contributed by atoms with Gasteiger partial charge in [0.05, 0.1) is 0 Å². The number of amides is 3. The van der Waals surface area contributed by atoms with Crippen molar-refractivity contribution in [2.24, 2.45) is 5.92 Å². The Morgan fingerprint density at radius 2 is 1.70 bits per heavy atom. The molecule has 0 unspecified atom stereocenters.